The number of methoxy groups -OCH3 is 2. The van der Waals surface area contributed by atoms with Gasteiger partial charge < -0.3 is 14.8 Å². The number of carbonyl (C=O) groups excluding carboxylic acids is 1. The van der Waals surface area contributed by atoms with E-state index in [1.165, 1.54) is 7.11 Å². The molecule has 0 spiro atoms. The monoisotopic (exact) mass is 385 g/mol. The molecule has 4 aromatic rings. The summed E-state index contributed by atoms with van der Waals surface area (Å²) in [6.45, 7) is 0. The standard InChI is InChI=1S/C23H19N3O3/c1-28-18-13-9-15(10-14-18)21-25-20-6-4-3-5-19(20)22(26-21)24-17-11-7-16(8-12-17)23(27)29-2/h3-14H,1-2H3,(H,24,25,26). The molecule has 1 aromatic heterocycles. The zero-order valence-corrected chi connectivity index (χ0v) is 16.0. The van der Waals surface area contributed by atoms with E-state index in [2.05, 4.69) is 5.32 Å². The van der Waals surface area contributed by atoms with Crippen LogP contribution in [0.2, 0.25) is 0 Å². The fourth-order valence-corrected chi connectivity index (χ4v) is 2.99. The van der Waals surface area contributed by atoms with Crippen molar-refractivity contribution in [3.63, 3.8) is 0 Å². The van der Waals surface area contributed by atoms with Gasteiger partial charge in [-0.1, -0.05) is 12.1 Å². The molecule has 4 rings (SSSR count). The van der Waals surface area contributed by atoms with E-state index in [0.717, 1.165) is 27.9 Å². The number of hydrogen-bond donors (Lipinski definition) is 1. The third kappa shape index (κ3) is 3.87. The lowest BCUT2D eigenvalue weighted by molar-refractivity contribution is 0.0601. The van der Waals surface area contributed by atoms with E-state index >= 15 is 0 Å². The SMILES string of the molecule is COC(=O)c1ccc(Nc2nc(-c3ccc(OC)cc3)nc3ccccc23)cc1. The zero-order chi connectivity index (χ0) is 20.2. The first kappa shape index (κ1) is 18.4. The molecular weight excluding hydrogens is 366 g/mol. The Kier molecular flexibility index (Phi) is 5.07. The van der Waals surface area contributed by atoms with Gasteiger partial charge in [0.05, 0.1) is 25.3 Å². The second-order valence-corrected chi connectivity index (χ2v) is 6.34. The maximum Gasteiger partial charge on any atom is 0.337 e. The molecule has 0 bridgehead atoms. The lowest BCUT2D eigenvalue weighted by Gasteiger charge is -2.12. The number of hydrogen-bond acceptors (Lipinski definition) is 6. The lowest BCUT2D eigenvalue weighted by atomic mass is 10.1. The Bertz CT molecular complexity index is 1160. The molecule has 0 unspecified atom stereocenters. The number of esters is 1. The molecule has 29 heavy (non-hydrogen) atoms. The zero-order valence-electron chi connectivity index (χ0n) is 16.0. The highest BCUT2D eigenvalue weighted by molar-refractivity contribution is 5.93. The maximum atomic E-state index is 11.6. The molecular formula is C23H19N3O3. The number of anilines is 2. The molecule has 0 aliphatic rings. The average molecular weight is 385 g/mol. The Morgan fingerprint density at radius 1 is 0.862 bits per heavy atom. The molecule has 1 heterocycles. The Hall–Kier alpha value is -3.93. The van der Waals surface area contributed by atoms with Gasteiger partial charge in [0.2, 0.25) is 0 Å². The van der Waals surface area contributed by atoms with Crippen LogP contribution in [0.1, 0.15) is 10.4 Å². The van der Waals surface area contributed by atoms with Crippen LogP contribution in [-0.2, 0) is 4.74 Å². The molecule has 1 N–H and O–H groups in total. The number of fused-ring (bicyclic) bond motifs is 1. The van der Waals surface area contributed by atoms with Crippen LogP contribution < -0.4 is 10.1 Å². The molecule has 0 fully saturated rings. The summed E-state index contributed by atoms with van der Waals surface area (Å²) in [6.07, 6.45) is 0. The van der Waals surface area contributed by atoms with Gasteiger partial charge in [-0.3, -0.25) is 0 Å². The van der Waals surface area contributed by atoms with Crippen molar-refractivity contribution in [2.24, 2.45) is 0 Å². The summed E-state index contributed by atoms with van der Waals surface area (Å²) in [6, 6.07) is 22.5. The summed E-state index contributed by atoms with van der Waals surface area (Å²) in [4.78, 5) is 21.1. The number of carbonyl (C=O) groups is 1. The molecule has 0 aliphatic heterocycles. The summed E-state index contributed by atoms with van der Waals surface area (Å²) in [5.41, 5.74) is 3.02. The predicted molar refractivity (Wildman–Crippen MR) is 113 cm³/mol. The van der Waals surface area contributed by atoms with Gasteiger partial charge in [-0.25, -0.2) is 14.8 Å². The first-order valence-corrected chi connectivity index (χ1v) is 9.04. The van der Waals surface area contributed by atoms with E-state index in [-0.39, 0.29) is 5.97 Å². The number of rotatable bonds is 5. The lowest BCUT2D eigenvalue weighted by Crippen LogP contribution is -2.02. The number of ether oxygens (including phenoxy) is 2. The van der Waals surface area contributed by atoms with Gasteiger partial charge in [0, 0.05) is 16.6 Å². The average Bonchev–Trinajstić information content (AvgIpc) is 2.79. The summed E-state index contributed by atoms with van der Waals surface area (Å²) in [5, 5.41) is 4.24. The van der Waals surface area contributed by atoms with Crippen LogP contribution >= 0.6 is 0 Å². The molecule has 0 amide bonds. The minimum Gasteiger partial charge on any atom is -0.497 e. The van der Waals surface area contributed by atoms with Crippen LogP contribution in [0.4, 0.5) is 11.5 Å². The predicted octanol–water partition coefficient (Wildman–Crippen LogP) is 4.84. The third-order valence-corrected chi connectivity index (χ3v) is 4.52. The van der Waals surface area contributed by atoms with Crippen molar-refractivity contribution in [1.82, 2.24) is 9.97 Å². The molecule has 6 heteroatoms. The minimum atomic E-state index is -0.370. The Morgan fingerprint density at radius 3 is 2.28 bits per heavy atom. The largest absolute Gasteiger partial charge is 0.497 e. The van der Waals surface area contributed by atoms with Crippen molar-refractivity contribution >= 4 is 28.4 Å². The van der Waals surface area contributed by atoms with E-state index in [9.17, 15) is 4.79 Å². The third-order valence-electron chi connectivity index (χ3n) is 4.52. The van der Waals surface area contributed by atoms with Crippen molar-refractivity contribution in [3.8, 4) is 17.1 Å². The maximum absolute atomic E-state index is 11.6. The smallest absolute Gasteiger partial charge is 0.337 e. The number of aromatic nitrogens is 2. The second-order valence-electron chi connectivity index (χ2n) is 6.34. The molecule has 0 aliphatic carbocycles. The van der Waals surface area contributed by atoms with E-state index in [1.807, 2.05) is 60.7 Å². The first-order chi connectivity index (χ1) is 14.2. The highest BCUT2D eigenvalue weighted by Gasteiger charge is 2.11. The van der Waals surface area contributed by atoms with Gasteiger partial charge in [0.1, 0.15) is 11.6 Å². The quantitative estimate of drug-likeness (QED) is 0.496. The first-order valence-electron chi connectivity index (χ1n) is 9.04. The molecule has 3 aromatic carbocycles. The number of nitrogens with one attached hydrogen (secondary N) is 1. The van der Waals surface area contributed by atoms with E-state index in [0.29, 0.717) is 17.2 Å². The Labute approximate surface area is 168 Å². The van der Waals surface area contributed by atoms with Gasteiger partial charge in [-0.15, -0.1) is 0 Å². The normalized spacial score (nSPS) is 10.6. The van der Waals surface area contributed by atoms with Crippen LogP contribution in [0.15, 0.2) is 72.8 Å². The van der Waals surface area contributed by atoms with Gasteiger partial charge >= 0.3 is 5.97 Å². The van der Waals surface area contributed by atoms with Crippen LogP contribution in [0.5, 0.6) is 5.75 Å². The highest BCUT2D eigenvalue weighted by Crippen LogP contribution is 2.28. The van der Waals surface area contributed by atoms with Crippen LogP contribution in [-0.4, -0.2) is 30.2 Å². The molecule has 144 valence electrons. The van der Waals surface area contributed by atoms with Crippen LogP contribution in [0.25, 0.3) is 22.3 Å². The molecule has 0 atom stereocenters. The van der Waals surface area contributed by atoms with Gasteiger partial charge in [-0.05, 0) is 60.7 Å². The van der Waals surface area contributed by atoms with E-state index in [1.54, 1.807) is 19.2 Å². The van der Waals surface area contributed by atoms with Crippen molar-refractivity contribution in [3.05, 3.63) is 78.4 Å². The number of benzene rings is 3. The Balaban J connectivity index is 1.73. The summed E-state index contributed by atoms with van der Waals surface area (Å²) in [5.74, 6) is 1.71. The second kappa shape index (κ2) is 7.98. The molecule has 6 nitrogen and oxygen atoms in total. The Morgan fingerprint density at radius 2 is 1.59 bits per heavy atom. The highest BCUT2D eigenvalue weighted by atomic mass is 16.5. The molecule has 0 saturated heterocycles. The topological polar surface area (TPSA) is 73.3 Å². The minimum absolute atomic E-state index is 0.370. The molecule has 0 radical (unpaired) electrons. The van der Waals surface area contributed by atoms with E-state index in [4.69, 9.17) is 19.4 Å². The van der Waals surface area contributed by atoms with Crippen molar-refractivity contribution in [2.45, 2.75) is 0 Å². The van der Waals surface area contributed by atoms with Gasteiger partial charge in [-0.2, -0.15) is 0 Å². The number of para-hydroxylation sites is 1. The molecule has 0 saturated carbocycles. The summed E-state index contributed by atoms with van der Waals surface area (Å²) in [7, 11) is 3.00. The van der Waals surface area contributed by atoms with Crippen molar-refractivity contribution in [2.75, 3.05) is 19.5 Å². The summed E-state index contributed by atoms with van der Waals surface area (Å²) >= 11 is 0. The number of nitrogens with zero attached hydrogens (tertiary/aromatic N) is 2. The van der Waals surface area contributed by atoms with Crippen molar-refractivity contribution in [1.29, 1.82) is 0 Å². The van der Waals surface area contributed by atoms with Crippen LogP contribution in [0.3, 0.4) is 0 Å². The van der Waals surface area contributed by atoms with Crippen molar-refractivity contribution < 1.29 is 14.3 Å². The van der Waals surface area contributed by atoms with E-state index < -0.39 is 0 Å². The van der Waals surface area contributed by atoms with Crippen LogP contribution in [0, 0.1) is 0 Å². The fraction of sp³-hybridized carbons (Fsp3) is 0.0870. The van der Waals surface area contributed by atoms with Gasteiger partial charge in [0.15, 0.2) is 5.82 Å². The fourth-order valence-electron chi connectivity index (χ4n) is 2.99. The van der Waals surface area contributed by atoms with Gasteiger partial charge in [0.25, 0.3) is 0 Å². The summed E-state index contributed by atoms with van der Waals surface area (Å²) < 4.78 is 9.97.